The number of halogens is 4. The highest BCUT2D eigenvalue weighted by molar-refractivity contribution is 9.13. The lowest BCUT2D eigenvalue weighted by Crippen LogP contribution is -2.12. The van der Waals surface area contributed by atoms with Crippen molar-refractivity contribution in [3.63, 3.8) is 0 Å². The molecule has 1 unspecified atom stereocenters. The first-order valence-electron chi connectivity index (χ1n) is 5.11. The Bertz CT molecular complexity index is 554. The lowest BCUT2D eigenvalue weighted by atomic mass is 10.1. The molecule has 1 atom stereocenters. The van der Waals surface area contributed by atoms with E-state index in [1.165, 1.54) is 6.07 Å². The molecule has 1 aromatic heterocycles. The van der Waals surface area contributed by atoms with Crippen LogP contribution in [0.3, 0.4) is 0 Å². The second-order valence-corrected chi connectivity index (χ2v) is 7.51. The molecule has 96 valence electrons. The molecule has 0 amide bonds. The van der Waals surface area contributed by atoms with Gasteiger partial charge in [0.1, 0.15) is 5.82 Å². The summed E-state index contributed by atoms with van der Waals surface area (Å²) in [5.74, 6) is -0.312. The van der Waals surface area contributed by atoms with Gasteiger partial charge in [0, 0.05) is 20.4 Å². The van der Waals surface area contributed by atoms with Gasteiger partial charge >= 0.3 is 0 Å². The molecular weight excluding hydrogens is 404 g/mol. The van der Waals surface area contributed by atoms with E-state index in [1.54, 1.807) is 23.5 Å². The number of benzene rings is 1. The molecule has 0 fully saturated rings. The van der Waals surface area contributed by atoms with Gasteiger partial charge in [-0.2, -0.15) is 0 Å². The fraction of sp³-hybridized carbons (Fsp3) is 0.167. The average molecular weight is 414 g/mol. The van der Waals surface area contributed by atoms with Crippen molar-refractivity contribution in [2.45, 2.75) is 12.5 Å². The van der Waals surface area contributed by atoms with Crippen molar-refractivity contribution in [2.75, 3.05) is 0 Å². The molecule has 6 heteroatoms. The van der Waals surface area contributed by atoms with Crippen molar-refractivity contribution in [2.24, 2.45) is 5.73 Å². The Hall–Kier alpha value is 0.0600. The molecule has 0 saturated carbocycles. The minimum Gasteiger partial charge on any atom is -0.323 e. The molecule has 0 bridgehead atoms. The summed E-state index contributed by atoms with van der Waals surface area (Å²) in [6.07, 6.45) is 0.447. The molecule has 2 N–H and O–H groups in total. The van der Waals surface area contributed by atoms with Crippen LogP contribution in [0.1, 0.15) is 16.5 Å². The number of hydrogen-bond acceptors (Lipinski definition) is 2. The van der Waals surface area contributed by atoms with Crippen molar-refractivity contribution in [1.82, 2.24) is 0 Å². The largest absolute Gasteiger partial charge is 0.323 e. The molecule has 0 aliphatic heterocycles. The Kier molecular flexibility index (Phi) is 4.83. The molecule has 2 rings (SSSR count). The minimum absolute atomic E-state index is 0.228. The Morgan fingerprint density at radius 3 is 2.61 bits per heavy atom. The zero-order valence-electron chi connectivity index (χ0n) is 9.09. The Morgan fingerprint density at radius 1 is 1.33 bits per heavy atom. The fourth-order valence-electron chi connectivity index (χ4n) is 1.57. The van der Waals surface area contributed by atoms with E-state index in [0.717, 1.165) is 13.1 Å². The van der Waals surface area contributed by atoms with Crippen molar-refractivity contribution in [3.8, 4) is 0 Å². The first-order valence-corrected chi connectivity index (χ1v) is 7.89. The summed E-state index contributed by atoms with van der Waals surface area (Å²) >= 11 is 14.1. The molecule has 18 heavy (non-hydrogen) atoms. The van der Waals surface area contributed by atoms with Crippen LogP contribution in [0.5, 0.6) is 0 Å². The average Bonchev–Trinajstić information content (AvgIpc) is 2.63. The molecule has 1 nitrogen and oxygen atoms in total. The van der Waals surface area contributed by atoms with Crippen molar-refractivity contribution in [1.29, 1.82) is 0 Å². The standard InChI is InChI=1S/C12H9Br2ClFNS/c13-8-5-11(18-12(8)14)10(17)3-6-1-2-7(15)4-9(6)16/h1-2,4-5,10H,3,17H2. The Labute approximate surface area is 130 Å². The maximum absolute atomic E-state index is 13.7. The van der Waals surface area contributed by atoms with Gasteiger partial charge in [-0.3, -0.25) is 0 Å². The van der Waals surface area contributed by atoms with Crippen LogP contribution in [-0.2, 0) is 6.42 Å². The van der Waals surface area contributed by atoms with Crippen LogP contribution in [0, 0.1) is 5.82 Å². The second kappa shape index (κ2) is 6.01. The van der Waals surface area contributed by atoms with Crippen molar-refractivity contribution < 1.29 is 4.39 Å². The summed E-state index contributed by atoms with van der Waals surface area (Å²) < 4.78 is 15.6. The van der Waals surface area contributed by atoms with E-state index in [4.69, 9.17) is 17.3 Å². The third kappa shape index (κ3) is 3.33. The van der Waals surface area contributed by atoms with Gasteiger partial charge in [-0.15, -0.1) is 11.3 Å². The van der Waals surface area contributed by atoms with E-state index in [2.05, 4.69) is 31.9 Å². The maximum atomic E-state index is 13.7. The van der Waals surface area contributed by atoms with Crippen LogP contribution in [0.2, 0.25) is 5.02 Å². The SMILES string of the molecule is NC(Cc1ccc(Cl)cc1F)c1cc(Br)c(Br)s1. The molecule has 1 heterocycles. The monoisotopic (exact) mass is 411 g/mol. The Balaban J connectivity index is 2.18. The second-order valence-electron chi connectivity index (χ2n) is 3.82. The number of nitrogens with two attached hydrogens (primary N) is 1. The molecule has 0 aliphatic carbocycles. The van der Waals surface area contributed by atoms with Crippen LogP contribution in [0.25, 0.3) is 0 Å². The predicted octanol–water partition coefficient (Wildman–Crippen LogP) is 5.31. The highest BCUT2D eigenvalue weighted by Crippen LogP contribution is 2.35. The van der Waals surface area contributed by atoms with E-state index in [-0.39, 0.29) is 11.9 Å². The zero-order chi connectivity index (χ0) is 13.3. The van der Waals surface area contributed by atoms with Gasteiger partial charge < -0.3 is 5.73 Å². The quantitative estimate of drug-likeness (QED) is 0.725. The summed E-state index contributed by atoms with van der Waals surface area (Å²) in [7, 11) is 0. The van der Waals surface area contributed by atoms with Gasteiger partial charge in [0.2, 0.25) is 0 Å². The molecule has 1 aromatic carbocycles. The highest BCUT2D eigenvalue weighted by Gasteiger charge is 2.14. The maximum Gasteiger partial charge on any atom is 0.127 e. The topological polar surface area (TPSA) is 26.0 Å². The van der Waals surface area contributed by atoms with Gasteiger partial charge in [-0.25, -0.2) is 4.39 Å². The summed E-state index contributed by atoms with van der Waals surface area (Å²) in [5.41, 5.74) is 6.66. The zero-order valence-corrected chi connectivity index (χ0v) is 13.8. The number of rotatable bonds is 3. The predicted molar refractivity (Wildman–Crippen MR) is 81.8 cm³/mol. The van der Waals surface area contributed by atoms with Crippen LogP contribution in [-0.4, -0.2) is 0 Å². The van der Waals surface area contributed by atoms with Gasteiger partial charge in [-0.1, -0.05) is 17.7 Å². The van der Waals surface area contributed by atoms with Crippen LogP contribution in [0.4, 0.5) is 4.39 Å². The minimum atomic E-state index is -0.312. The molecule has 0 spiro atoms. The van der Waals surface area contributed by atoms with Crippen molar-refractivity contribution in [3.05, 3.63) is 53.8 Å². The lowest BCUT2D eigenvalue weighted by molar-refractivity contribution is 0.595. The highest BCUT2D eigenvalue weighted by atomic mass is 79.9. The Morgan fingerprint density at radius 2 is 2.06 bits per heavy atom. The van der Waals surface area contributed by atoms with Gasteiger partial charge in [0.15, 0.2) is 0 Å². The summed E-state index contributed by atoms with van der Waals surface area (Å²) in [4.78, 5) is 1.00. The smallest absolute Gasteiger partial charge is 0.127 e. The van der Waals surface area contributed by atoms with E-state index in [1.807, 2.05) is 6.07 Å². The van der Waals surface area contributed by atoms with E-state index < -0.39 is 0 Å². The molecule has 0 saturated heterocycles. The molecular formula is C12H9Br2ClFNS. The van der Waals surface area contributed by atoms with Crippen LogP contribution in [0.15, 0.2) is 32.5 Å². The normalized spacial score (nSPS) is 12.7. The van der Waals surface area contributed by atoms with Gasteiger partial charge in [0.25, 0.3) is 0 Å². The van der Waals surface area contributed by atoms with E-state index in [0.29, 0.717) is 17.0 Å². The third-order valence-corrected chi connectivity index (χ3v) is 6.11. The number of thiophene rings is 1. The van der Waals surface area contributed by atoms with E-state index in [9.17, 15) is 4.39 Å². The molecule has 0 aliphatic rings. The molecule has 0 radical (unpaired) electrons. The third-order valence-electron chi connectivity index (χ3n) is 2.48. The summed E-state index contributed by atoms with van der Waals surface area (Å²) in [6.45, 7) is 0. The first kappa shape index (κ1) is 14.5. The fourth-order valence-corrected chi connectivity index (χ4v) is 3.82. The van der Waals surface area contributed by atoms with E-state index >= 15 is 0 Å². The summed E-state index contributed by atoms with van der Waals surface area (Å²) in [6, 6.07) is 6.38. The summed E-state index contributed by atoms with van der Waals surface area (Å²) in [5, 5.41) is 0.395. The van der Waals surface area contributed by atoms with Crippen LogP contribution < -0.4 is 5.73 Å². The van der Waals surface area contributed by atoms with Gasteiger partial charge in [-0.05, 0) is 62.0 Å². The van der Waals surface area contributed by atoms with Crippen LogP contribution >= 0.6 is 54.8 Å². The molecule has 2 aromatic rings. The van der Waals surface area contributed by atoms with Gasteiger partial charge in [0.05, 0.1) is 3.79 Å². The number of hydrogen-bond donors (Lipinski definition) is 1. The van der Waals surface area contributed by atoms with Crippen molar-refractivity contribution >= 4 is 54.8 Å². The first-order chi connectivity index (χ1) is 8.47. The lowest BCUT2D eigenvalue weighted by Gasteiger charge is -2.10.